The van der Waals surface area contributed by atoms with Crippen molar-refractivity contribution in [1.29, 1.82) is 0 Å². The first-order valence-electron chi connectivity index (χ1n) is 5.16. The molecule has 3 nitrogen and oxygen atoms in total. The van der Waals surface area contributed by atoms with Crippen LogP contribution in [0.15, 0.2) is 24.3 Å². The molecule has 0 spiro atoms. The topological polar surface area (TPSA) is 42.0 Å². The van der Waals surface area contributed by atoms with Crippen molar-refractivity contribution in [2.75, 3.05) is 5.32 Å². The zero-order valence-corrected chi connectivity index (χ0v) is 11.1. The van der Waals surface area contributed by atoms with Gasteiger partial charge in [-0.2, -0.15) is 0 Å². The van der Waals surface area contributed by atoms with Crippen molar-refractivity contribution < 1.29 is 18.0 Å². The molecular formula is C12H5Cl2F3N2O. The minimum Gasteiger partial charge on any atom is -0.318 e. The molecule has 20 heavy (non-hydrogen) atoms. The quantitative estimate of drug-likeness (QED) is 0.669. The number of aromatic nitrogens is 1. The fourth-order valence-corrected chi connectivity index (χ4v) is 1.72. The summed E-state index contributed by atoms with van der Waals surface area (Å²) < 4.78 is 39.1. The Labute approximate surface area is 121 Å². The maximum Gasteiger partial charge on any atom is 0.275 e. The van der Waals surface area contributed by atoms with Gasteiger partial charge in [-0.3, -0.25) is 4.79 Å². The first-order chi connectivity index (χ1) is 9.38. The van der Waals surface area contributed by atoms with Gasteiger partial charge in [0.1, 0.15) is 16.7 Å². The third-order valence-corrected chi connectivity index (χ3v) is 2.80. The summed E-state index contributed by atoms with van der Waals surface area (Å²) in [5.41, 5.74) is -0.796. The molecule has 0 unspecified atom stereocenters. The highest BCUT2D eigenvalue weighted by atomic mass is 35.5. The van der Waals surface area contributed by atoms with Gasteiger partial charge < -0.3 is 5.32 Å². The monoisotopic (exact) mass is 320 g/mol. The van der Waals surface area contributed by atoms with E-state index in [9.17, 15) is 18.0 Å². The van der Waals surface area contributed by atoms with Crippen LogP contribution in [0.4, 0.5) is 18.9 Å². The summed E-state index contributed by atoms with van der Waals surface area (Å²) in [7, 11) is 0. The number of carbonyl (C=O) groups excluding carboxylic acids is 1. The Balaban J connectivity index is 2.32. The summed E-state index contributed by atoms with van der Waals surface area (Å²) >= 11 is 11.4. The van der Waals surface area contributed by atoms with Crippen LogP contribution in [0, 0.1) is 17.5 Å². The maximum atomic E-state index is 13.4. The molecule has 0 bridgehead atoms. The Morgan fingerprint density at radius 3 is 2.40 bits per heavy atom. The van der Waals surface area contributed by atoms with Crippen LogP contribution in [-0.2, 0) is 0 Å². The van der Waals surface area contributed by atoms with E-state index in [2.05, 4.69) is 4.98 Å². The number of hydrogen-bond acceptors (Lipinski definition) is 2. The summed E-state index contributed by atoms with van der Waals surface area (Å²) in [5.74, 6) is -4.69. The number of pyridine rings is 1. The smallest absolute Gasteiger partial charge is 0.275 e. The Morgan fingerprint density at radius 2 is 1.70 bits per heavy atom. The summed E-state index contributed by atoms with van der Waals surface area (Å²) in [6.07, 6.45) is 0. The van der Waals surface area contributed by atoms with Crippen LogP contribution in [0.3, 0.4) is 0 Å². The highest BCUT2D eigenvalue weighted by Gasteiger charge is 2.17. The number of hydrogen-bond donors (Lipinski definition) is 1. The largest absolute Gasteiger partial charge is 0.318 e. The summed E-state index contributed by atoms with van der Waals surface area (Å²) in [6.45, 7) is 0. The zero-order valence-electron chi connectivity index (χ0n) is 9.55. The highest BCUT2D eigenvalue weighted by Crippen LogP contribution is 2.21. The number of benzene rings is 1. The second-order valence-corrected chi connectivity index (χ2v) is 4.46. The lowest BCUT2D eigenvalue weighted by atomic mass is 10.2. The van der Waals surface area contributed by atoms with E-state index >= 15 is 0 Å². The Bertz CT molecular complexity index is 695. The van der Waals surface area contributed by atoms with E-state index in [1.165, 1.54) is 12.1 Å². The van der Waals surface area contributed by atoms with Crippen LogP contribution in [0.5, 0.6) is 0 Å². The van der Waals surface area contributed by atoms with Gasteiger partial charge in [-0.25, -0.2) is 18.2 Å². The van der Waals surface area contributed by atoms with Crippen molar-refractivity contribution in [2.45, 2.75) is 0 Å². The zero-order chi connectivity index (χ0) is 14.9. The summed E-state index contributed by atoms with van der Waals surface area (Å²) in [4.78, 5) is 15.5. The predicted molar refractivity (Wildman–Crippen MR) is 68.5 cm³/mol. The molecule has 1 aromatic carbocycles. The first-order valence-corrected chi connectivity index (χ1v) is 5.92. The van der Waals surface area contributed by atoms with E-state index in [1.54, 1.807) is 0 Å². The van der Waals surface area contributed by atoms with E-state index < -0.39 is 29.0 Å². The van der Waals surface area contributed by atoms with E-state index in [4.69, 9.17) is 23.2 Å². The van der Waals surface area contributed by atoms with E-state index in [1.807, 2.05) is 5.32 Å². The molecule has 2 aromatic rings. The molecule has 1 heterocycles. The van der Waals surface area contributed by atoms with Crippen molar-refractivity contribution in [3.63, 3.8) is 0 Å². The lowest BCUT2D eigenvalue weighted by Gasteiger charge is -2.08. The maximum absolute atomic E-state index is 13.4. The van der Waals surface area contributed by atoms with Gasteiger partial charge in [0.05, 0.1) is 10.7 Å². The van der Waals surface area contributed by atoms with Gasteiger partial charge >= 0.3 is 0 Å². The summed E-state index contributed by atoms with van der Waals surface area (Å²) in [6, 6.07) is 3.52. The Hall–Kier alpha value is -1.79. The van der Waals surface area contributed by atoms with Crippen molar-refractivity contribution >= 4 is 34.8 Å². The van der Waals surface area contributed by atoms with Gasteiger partial charge in [0, 0.05) is 12.1 Å². The van der Waals surface area contributed by atoms with Crippen molar-refractivity contribution in [1.82, 2.24) is 4.98 Å². The van der Waals surface area contributed by atoms with Crippen LogP contribution in [0.1, 0.15) is 10.5 Å². The molecule has 1 N–H and O–H groups in total. The molecule has 0 saturated carbocycles. The predicted octanol–water partition coefficient (Wildman–Crippen LogP) is 4.06. The molecule has 1 amide bonds. The molecule has 2 rings (SSSR count). The van der Waals surface area contributed by atoms with E-state index in [-0.39, 0.29) is 15.9 Å². The molecule has 0 aliphatic heterocycles. The fraction of sp³-hybridized carbons (Fsp3) is 0. The van der Waals surface area contributed by atoms with Crippen molar-refractivity contribution in [2.24, 2.45) is 0 Å². The van der Waals surface area contributed by atoms with Gasteiger partial charge in [0.2, 0.25) is 0 Å². The molecule has 104 valence electrons. The SMILES string of the molecule is O=C(Nc1cc(F)c(F)cc1F)c1nc(Cl)ccc1Cl. The molecule has 0 aliphatic rings. The molecule has 1 aromatic heterocycles. The lowest BCUT2D eigenvalue weighted by molar-refractivity contribution is 0.102. The Morgan fingerprint density at radius 1 is 1.05 bits per heavy atom. The number of halogens is 5. The van der Waals surface area contributed by atoms with Crippen LogP contribution < -0.4 is 5.32 Å². The molecule has 8 heteroatoms. The highest BCUT2D eigenvalue weighted by molar-refractivity contribution is 6.35. The Kier molecular flexibility index (Phi) is 4.15. The molecular weight excluding hydrogens is 316 g/mol. The second kappa shape index (κ2) is 5.68. The lowest BCUT2D eigenvalue weighted by Crippen LogP contribution is -2.15. The van der Waals surface area contributed by atoms with Crippen molar-refractivity contribution in [3.05, 3.63) is 57.6 Å². The number of carbonyl (C=O) groups is 1. The van der Waals surface area contributed by atoms with Gasteiger partial charge in [-0.15, -0.1) is 0 Å². The number of anilines is 1. The molecule has 0 aliphatic carbocycles. The van der Waals surface area contributed by atoms with Crippen molar-refractivity contribution in [3.8, 4) is 0 Å². The molecule has 0 fully saturated rings. The average molecular weight is 321 g/mol. The van der Waals surface area contributed by atoms with Gasteiger partial charge in [-0.1, -0.05) is 23.2 Å². The normalized spacial score (nSPS) is 10.4. The fourth-order valence-electron chi connectivity index (χ4n) is 1.38. The summed E-state index contributed by atoms with van der Waals surface area (Å²) in [5, 5.41) is 2.02. The van der Waals surface area contributed by atoms with Crippen LogP contribution in [-0.4, -0.2) is 10.9 Å². The molecule has 0 radical (unpaired) electrons. The average Bonchev–Trinajstić information content (AvgIpc) is 2.38. The number of rotatable bonds is 2. The molecule has 0 saturated heterocycles. The van der Waals surface area contributed by atoms with E-state index in [0.717, 1.165) is 0 Å². The van der Waals surface area contributed by atoms with Crippen LogP contribution in [0.25, 0.3) is 0 Å². The van der Waals surface area contributed by atoms with Gasteiger partial charge in [-0.05, 0) is 12.1 Å². The number of amides is 1. The van der Waals surface area contributed by atoms with Crippen LogP contribution in [0.2, 0.25) is 10.2 Å². The van der Waals surface area contributed by atoms with Crippen LogP contribution >= 0.6 is 23.2 Å². The van der Waals surface area contributed by atoms with Gasteiger partial charge in [0.15, 0.2) is 11.6 Å². The third kappa shape index (κ3) is 3.02. The minimum absolute atomic E-state index is 0.00492. The standard InChI is InChI=1S/C12H5Cl2F3N2O/c13-5-1-2-10(14)19-11(5)12(20)18-9-4-7(16)6(15)3-8(9)17/h1-4H,(H,18,20). The van der Waals surface area contributed by atoms with Gasteiger partial charge in [0.25, 0.3) is 5.91 Å². The number of nitrogens with one attached hydrogen (secondary N) is 1. The number of nitrogens with zero attached hydrogens (tertiary/aromatic N) is 1. The third-order valence-electron chi connectivity index (χ3n) is 2.29. The first kappa shape index (κ1) is 14.6. The minimum atomic E-state index is -1.36. The second-order valence-electron chi connectivity index (χ2n) is 3.66. The van der Waals surface area contributed by atoms with E-state index in [0.29, 0.717) is 12.1 Å². The molecule has 0 atom stereocenters.